The fraction of sp³-hybridized carbons (Fsp3) is 0.333. The Hall–Kier alpha value is -1.94. The maximum atomic E-state index is 9.54. The number of rotatable bonds is 7. The van der Waals surface area contributed by atoms with Crippen molar-refractivity contribution in [1.82, 2.24) is 0 Å². The maximum absolute atomic E-state index is 9.54. The van der Waals surface area contributed by atoms with E-state index in [1.54, 1.807) is 33.5 Å². The quantitative estimate of drug-likeness (QED) is 0.607. The van der Waals surface area contributed by atoms with Crippen LogP contribution in [0.3, 0.4) is 0 Å². The van der Waals surface area contributed by atoms with E-state index in [0.29, 0.717) is 23.5 Å². The van der Waals surface area contributed by atoms with Gasteiger partial charge in [0, 0.05) is 16.7 Å². The zero-order valence-electron chi connectivity index (χ0n) is 11.6. The van der Waals surface area contributed by atoms with Gasteiger partial charge in [0.1, 0.15) is 11.5 Å². The van der Waals surface area contributed by atoms with Crippen LogP contribution in [-0.4, -0.2) is 26.4 Å². The molecule has 4 nitrogen and oxygen atoms in total. The van der Waals surface area contributed by atoms with Crippen LogP contribution in [0.4, 0.5) is 0 Å². The van der Waals surface area contributed by atoms with Gasteiger partial charge in [-0.2, -0.15) is 0 Å². The van der Waals surface area contributed by atoms with Crippen LogP contribution in [0.5, 0.6) is 11.5 Å². The van der Waals surface area contributed by atoms with E-state index in [1.165, 1.54) is 6.26 Å². The van der Waals surface area contributed by atoms with Gasteiger partial charge in [0.15, 0.2) is 0 Å². The lowest BCUT2D eigenvalue weighted by molar-refractivity contribution is 0.272. The van der Waals surface area contributed by atoms with Crippen LogP contribution in [-0.2, 0) is 17.8 Å². The van der Waals surface area contributed by atoms with Crippen molar-refractivity contribution in [3.63, 3.8) is 0 Å². The van der Waals surface area contributed by atoms with E-state index in [2.05, 4.69) is 6.58 Å². The largest absolute Gasteiger partial charge is 0.504 e. The van der Waals surface area contributed by atoms with Gasteiger partial charge >= 0.3 is 0 Å². The molecule has 0 spiro atoms. The van der Waals surface area contributed by atoms with Gasteiger partial charge in [0.2, 0.25) is 0 Å². The molecule has 0 aromatic heterocycles. The van der Waals surface area contributed by atoms with E-state index >= 15 is 0 Å². The average molecular weight is 264 g/mol. The molecule has 0 aliphatic carbocycles. The topological polar surface area (TPSA) is 47.9 Å². The van der Waals surface area contributed by atoms with Crippen molar-refractivity contribution in [2.45, 2.75) is 13.0 Å². The molecule has 19 heavy (non-hydrogen) atoms. The number of aliphatic hydroxyl groups is 1. The van der Waals surface area contributed by atoms with E-state index in [9.17, 15) is 5.11 Å². The number of hydrogen-bond donors (Lipinski definition) is 1. The Morgan fingerprint density at radius 2 is 2.00 bits per heavy atom. The Morgan fingerprint density at radius 1 is 1.26 bits per heavy atom. The first-order chi connectivity index (χ1) is 9.23. The molecule has 0 saturated carbocycles. The summed E-state index contributed by atoms with van der Waals surface area (Å²) in [5.74, 6) is 1.31. The van der Waals surface area contributed by atoms with Crippen LogP contribution in [0.15, 0.2) is 25.0 Å². The third-order valence-electron chi connectivity index (χ3n) is 2.78. The lowest BCUT2D eigenvalue weighted by Gasteiger charge is -2.17. The first kappa shape index (κ1) is 15.1. The molecule has 4 heteroatoms. The highest BCUT2D eigenvalue weighted by Gasteiger charge is 2.16. The van der Waals surface area contributed by atoms with Crippen LogP contribution >= 0.6 is 0 Å². The molecule has 1 rings (SSSR count). The van der Waals surface area contributed by atoms with Crippen LogP contribution in [0.2, 0.25) is 0 Å². The minimum Gasteiger partial charge on any atom is -0.504 e. The zero-order valence-corrected chi connectivity index (χ0v) is 11.6. The standard InChI is InChI=1S/C15H20O4/c1-5-6-11-9-14(18-3)13(10-16)12(7-8-17-2)15(11)19-4/h5,7-9,16H,1,6,10H2,2-4H3/b8-7-. The number of allylic oxidation sites excluding steroid dienone is 1. The van der Waals surface area contributed by atoms with Gasteiger partial charge in [0.25, 0.3) is 0 Å². The number of benzene rings is 1. The fourth-order valence-corrected chi connectivity index (χ4v) is 1.96. The SMILES string of the molecule is C=CCc1cc(OC)c(CO)c(/C=C\OC)c1OC. The van der Waals surface area contributed by atoms with Gasteiger partial charge in [-0.1, -0.05) is 6.08 Å². The van der Waals surface area contributed by atoms with Crippen molar-refractivity contribution in [2.24, 2.45) is 0 Å². The molecule has 0 saturated heterocycles. The fourth-order valence-electron chi connectivity index (χ4n) is 1.96. The van der Waals surface area contributed by atoms with Gasteiger partial charge in [-0.15, -0.1) is 6.58 Å². The van der Waals surface area contributed by atoms with Crippen LogP contribution in [0.1, 0.15) is 16.7 Å². The average Bonchev–Trinajstić information content (AvgIpc) is 2.44. The van der Waals surface area contributed by atoms with Crippen molar-refractivity contribution in [1.29, 1.82) is 0 Å². The Labute approximate surface area is 113 Å². The van der Waals surface area contributed by atoms with Crippen LogP contribution in [0, 0.1) is 0 Å². The molecule has 0 bridgehead atoms. The summed E-state index contributed by atoms with van der Waals surface area (Å²) < 4.78 is 15.7. The number of ether oxygens (including phenoxy) is 3. The molecule has 0 radical (unpaired) electrons. The second-order valence-corrected chi connectivity index (χ2v) is 3.85. The predicted octanol–water partition coefficient (Wildman–Crippen LogP) is 2.54. The summed E-state index contributed by atoms with van der Waals surface area (Å²) in [6, 6.07) is 1.86. The summed E-state index contributed by atoms with van der Waals surface area (Å²) in [4.78, 5) is 0. The van der Waals surface area contributed by atoms with Gasteiger partial charge in [-0.05, 0) is 18.6 Å². The van der Waals surface area contributed by atoms with E-state index in [4.69, 9.17) is 14.2 Å². The molecule has 0 fully saturated rings. The minimum atomic E-state index is -0.142. The molecule has 0 unspecified atom stereocenters. The van der Waals surface area contributed by atoms with Gasteiger partial charge in [0.05, 0.1) is 34.2 Å². The highest BCUT2D eigenvalue weighted by Crippen LogP contribution is 2.36. The molecule has 1 aromatic rings. The van der Waals surface area contributed by atoms with Crippen molar-refractivity contribution >= 4 is 6.08 Å². The molecule has 0 atom stereocenters. The Bertz CT molecular complexity index is 464. The normalized spacial score (nSPS) is 10.5. The van der Waals surface area contributed by atoms with Gasteiger partial charge in [-0.25, -0.2) is 0 Å². The summed E-state index contributed by atoms with van der Waals surface area (Å²) in [6.07, 6.45) is 5.73. The number of methoxy groups -OCH3 is 3. The lowest BCUT2D eigenvalue weighted by Crippen LogP contribution is -2.02. The minimum absolute atomic E-state index is 0.142. The molecule has 0 aliphatic heterocycles. The molecule has 0 amide bonds. The molecule has 1 N–H and O–H groups in total. The molecule has 0 aliphatic rings. The highest BCUT2D eigenvalue weighted by molar-refractivity contribution is 5.67. The van der Waals surface area contributed by atoms with E-state index in [0.717, 1.165) is 11.1 Å². The van der Waals surface area contributed by atoms with Crippen molar-refractivity contribution < 1.29 is 19.3 Å². The highest BCUT2D eigenvalue weighted by atomic mass is 16.5. The number of hydrogen-bond acceptors (Lipinski definition) is 4. The summed E-state index contributed by atoms with van der Waals surface area (Å²) in [5, 5.41) is 9.54. The summed E-state index contributed by atoms with van der Waals surface area (Å²) >= 11 is 0. The summed E-state index contributed by atoms with van der Waals surface area (Å²) in [6.45, 7) is 3.59. The predicted molar refractivity (Wildman–Crippen MR) is 75.4 cm³/mol. The van der Waals surface area contributed by atoms with Crippen molar-refractivity contribution in [3.05, 3.63) is 41.7 Å². The third kappa shape index (κ3) is 3.29. The Balaban J connectivity index is 3.53. The smallest absolute Gasteiger partial charge is 0.130 e. The van der Waals surface area contributed by atoms with E-state index < -0.39 is 0 Å². The zero-order chi connectivity index (χ0) is 14.3. The van der Waals surface area contributed by atoms with Crippen molar-refractivity contribution in [2.75, 3.05) is 21.3 Å². The second-order valence-electron chi connectivity index (χ2n) is 3.85. The summed E-state index contributed by atoms with van der Waals surface area (Å²) in [7, 11) is 4.73. The maximum Gasteiger partial charge on any atom is 0.130 e. The number of aliphatic hydroxyl groups excluding tert-OH is 1. The monoisotopic (exact) mass is 264 g/mol. The Kier molecular flexibility index (Phi) is 5.96. The molecule has 104 valence electrons. The molecule has 1 aromatic carbocycles. The second kappa shape index (κ2) is 7.48. The van der Waals surface area contributed by atoms with Crippen molar-refractivity contribution in [3.8, 4) is 11.5 Å². The van der Waals surface area contributed by atoms with Crippen LogP contribution < -0.4 is 9.47 Å². The molecular formula is C15H20O4. The molecule has 0 heterocycles. The molecular weight excluding hydrogens is 244 g/mol. The van der Waals surface area contributed by atoms with Crippen LogP contribution in [0.25, 0.3) is 6.08 Å². The first-order valence-corrected chi connectivity index (χ1v) is 5.91. The Morgan fingerprint density at radius 3 is 2.47 bits per heavy atom. The first-order valence-electron chi connectivity index (χ1n) is 5.91. The van der Waals surface area contributed by atoms with E-state index in [1.807, 2.05) is 6.07 Å². The lowest BCUT2D eigenvalue weighted by atomic mass is 9.99. The van der Waals surface area contributed by atoms with E-state index in [-0.39, 0.29) is 6.61 Å². The van der Waals surface area contributed by atoms with Gasteiger partial charge < -0.3 is 19.3 Å². The third-order valence-corrected chi connectivity index (χ3v) is 2.78. The van der Waals surface area contributed by atoms with Gasteiger partial charge in [-0.3, -0.25) is 0 Å². The summed E-state index contributed by atoms with van der Waals surface area (Å²) in [5.41, 5.74) is 2.37.